The van der Waals surface area contributed by atoms with Crippen molar-refractivity contribution in [3.05, 3.63) is 63.5 Å². The van der Waals surface area contributed by atoms with Crippen LogP contribution in [0.3, 0.4) is 0 Å². The molecule has 4 aliphatic rings. The highest BCUT2D eigenvalue weighted by Crippen LogP contribution is 2.60. The van der Waals surface area contributed by atoms with Gasteiger partial charge in [0.1, 0.15) is 6.10 Å². The Morgan fingerprint density at radius 3 is 2.20 bits per heavy atom. The molecule has 5 heteroatoms. The molecule has 220 valence electrons. The lowest BCUT2D eigenvalue weighted by molar-refractivity contribution is -0.0579. The molecule has 1 aliphatic heterocycles. The molecule has 2 atom stereocenters. The lowest BCUT2D eigenvalue weighted by Crippen LogP contribution is -2.44. The fraction of sp³-hybridized carbons (Fsp3) is 0.667. The van der Waals surface area contributed by atoms with Gasteiger partial charge in [-0.05, 0) is 84.7 Å². The first-order valence-electron chi connectivity index (χ1n) is 16.1. The van der Waals surface area contributed by atoms with Crippen LogP contribution in [0.1, 0.15) is 151 Å². The van der Waals surface area contributed by atoms with Crippen LogP contribution in [-0.2, 0) is 26.6 Å². The van der Waals surface area contributed by atoms with Crippen molar-refractivity contribution in [3.8, 4) is 6.07 Å². The van der Waals surface area contributed by atoms with Crippen LogP contribution < -0.4 is 0 Å². The molecule has 6 rings (SSSR count). The second-order valence-corrected chi connectivity index (χ2v) is 21.0. The molecule has 1 spiro atoms. The molecule has 3 aliphatic carbocycles. The third kappa shape index (κ3) is 4.73. The van der Waals surface area contributed by atoms with Crippen LogP contribution in [0.15, 0.2) is 24.3 Å². The van der Waals surface area contributed by atoms with Gasteiger partial charge in [0, 0.05) is 22.5 Å². The maximum atomic E-state index is 9.77. The van der Waals surface area contributed by atoms with Gasteiger partial charge in [-0.2, -0.15) is 5.26 Å². The van der Waals surface area contributed by atoms with E-state index in [-0.39, 0.29) is 33.7 Å². The summed E-state index contributed by atoms with van der Waals surface area (Å²) in [5, 5.41) is 9.91. The van der Waals surface area contributed by atoms with Crippen molar-refractivity contribution in [2.45, 2.75) is 147 Å². The first-order chi connectivity index (χ1) is 19.1. The molecule has 0 radical (unpaired) electrons. The first-order valence-corrected chi connectivity index (χ1v) is 19.0. The van der Waals surface area contributed by atoms with Gasteiger partial charge in [0.2, 0.25) is 0 Å². The molecular formula is C36H50N2O2Si. The number of benzene rings is 1. The molecule has 0 saturated heterocycles. The normalized spacial score (nSPS) is 25.7. The van der Waals surface area contributed by atoms with E-state index >= 15 is 0 Å². The Kier molecular flexibility index (Phi) is 6.74. The van der Waals surface area contributed by atoms with Gasteiger partial charge in [-0.25, -0.2) is 0 Å². The highest BCUT2D eigenvalue weighted by molar-refractivity contribution is 6.74. The zero-order valence-electron chi connectivity index (χ0n) is 26.9. The van der Waals surface area contributed by atoms with Gasteiger partial charge in [0.25, 0.3) is 0 Å². The van der Waals surface area contributed by atoms with Crippen molar-refractivity contribution >= 4 is 8.32 Å². The molecule has 2 aromatic rings. The summed E-state index contributed by atoms with van der Waals surface area (Å²) >= 11 is 0. The Balaban J connectivity index is 1.55. The zero-order valence-corrected chi connectivity index (χ0v) is 27.9. The number of fused-ring (bicyclic) bond motifs is 4. The van der Waals surface area contributed by atoms with Crippen molar-refractivity contribution < 1.29 is 9.16 Å². The van der Waals surface area contributed by atoms with Gasteiger partial charge in [-0.1, -0.05) is 85.6 Å². The molecule has 1 aromatic carbocycles. The van der Waals surface area contributed by atoms with E-state index in [1.165, 1.54) is 46.5 Å². The molecule has 2 saturated carbocycles. The Morgan fingerprint density at radius 1 is 1.02 bits per heavy atom. The Hall–Kier alpha value is -2.00. The molecule has 2 fully saturated rings. The summed E-state index contributed by atoms with van der Waals surface area (Å²) in [5.74, 6) is 0.300. The minimum absolute atomic E-state index is 0.0460. The lowest BCUT2D eigenvalue weighted by atomic mass is 9.70. The monoisotopic (exact) mass is 570 g/mol. The van der Waals surface area contributed by atoms with Gasteiger partial charge >= 0.3 is 0 Å². The Morgan fingerprint density at radius 2 is 1.66 bits per heavy atom. The van der Waals surface area contributed by atoms with Gasteiger partial charge in [-0.3, -0.25) is 4.98 Å². The van der Waals surface area contributed by atoms with E-state index in [0.717, 1.165) is 44.1 Å². The molecule has 0 amide bonds. The third-order valence-electron chi connectivity index (χ3n) is 11.1. The SMILES string of the molecule is CC(C)c1nc2c(c3c1C(c1ccc(C4(C#N)CC4)cc1)OC31CCCC1)C(O[Si](C)(C)C(C)(C)C)CC(C)(C)C2. The van der Waals surface area contributed by atoms with E-state index < -0.39 is 8.32 Å². The fourth-order valence-electron chi connectivity index (χ4n) is 7.58. The Bertz CT molecular complexity index is 1380. The summed E-state index contributed by atoms with van der Waals surface area (Å²) in [6.45, 7) is 21.2. The minimum atomic E-state index is -2.04. The summed E-state index contributed by atoms with van der Waals surface area (Å²) in [6, 6.07) is 11.4. The van der Waals surface area contributed by atoms with Gasteiger partial charge in [0.15, 0.2) is 8.32 Å². The van der Waals surface area contributed by atoms with Gasteiger partial charge in [-0.15, -0.1) is 0 Å². The maximum absolute atomic E-state index is 9.77. The molecule has 41 heavy (non-hydrogen) atoms. The third-order valence-corrected chi connectivity index (χ3v) is 15.6. The summed E-state index contributed by atoms with van der Waals surface area (Å²) in [5.41, 5.74) is 8.51. The minimum Gasteiger partial charge on any atom is -0.410 e. The molecule has 2 heterocycles. The number of nitriles is 1. The number of ether oxygens (including phenoxy) is 1. The van der Waals surface area contributed by atoms with E-state index in [4.69, 9.17) is 14.1 Å². The van der Waals surface area contributed by atoms with Gasteiger partial charge in [0.05, 0.1) is 23.2 Å². The number of rotatable bonds is 5. The standard InChI is InChI=1S/C36H50N2O2Si/c1-23(2)31-29-30(28-26(38-31)20-34(6,7)21-27(28)40-41(8,9)33(3,4)5)36(16-10-11-17-36)39-32(29)24-12-14-25(15-13-24)35(22-37)18-19-35/h12-15,23,27,32H,10-11,16-21H2,1-9H3. The van der Waals surface area contributed by atoms with Crippen LogP contribution in [0.4, 0.5) is 0 Å². The van der Waals surface area contributed by atoms with Crippen molar-refractivity contribution in [3.63, 3.8) is 0 Å². The van der Waals surface area contributed by atoms with Crippen molar-refractivity contribution in [1.29, 1.82) is 5.26 Å². The topological polar surface area (TPSA) is 55.1 Å². The second-order valence-electron chi connectivity index (χ2n) is 16.2. The van der Waals surface area contributed by atoms with Crippen LogP contribution in [0.25, 0.3) is 0 Å². The fourth-order valence-corrected chi connectivity index (χ4v) is 8.85. The quantitative estimate of drug-likeness (QED) is 0.336. The molecule has 1 aromatic heterocycles. The number of hydrogen-bond acceptors (Lipinski definition) is 4. The number of aromatic nitrogens is 1. The lowest BCUT2D eigenvalue weighted by Gasteiger charge is -2.45. The van der Waals surface area contributed by atoms with E-state index in [1.54, 1.807) is 0 Å². The Labute approximate surface area is 249 Å². The summed E-state index contributed by atoms with van der Waals surface area (Å²) < 4.78 is 14.7. The zero-order chi connectivity index (χ0) is 29.6. The maximum Gasteiger partial charge on any atom is 0.192 e. The smallest absolute Gasteiger partial charge is 0.192 e. The summed E-state index contributed by atoms with van der Waals surface area (Å²) in [4.78, 5) is 5.55. The van der Waals surface area contributed by atoms with Crippen LogP contribution >= 0.6 is 0 Å². The average molecular weight is 571 g/mol. The van der Waals surface area contributed by atoms with Crippen LogP contribution in [-0.4, -0.2) is 13.3 Å². The second kappa shape index (κ2) is 9.50. The van der Waals surface area contributed by atoms with Crippen LogP contribution in [0, 0.1) is 16.7 Å². The van der Waals surface area contributed by atoms with Crippen LogP contribution in [0.5, 0.6) is 0 Å². The molecule has 2 unspecified atom stereocenters. The molecule has 4 nitrogen and oxygen atoms in total. The predicted molar refractivity (Wildman–Crippen MR) is 167 cm³/mol. The van der Waals surface area contributed by atoms with Crippen molar-refractivity contribution in [1.82, 2.24) is 4.98 Å². The number of nitrogens with zero attached hydrogens (tertiary/aromatic N) is 2. The highest BCUT2D eigenvalue weighted by atomic mass is 28.4. The summed E-state index contributed by atoms with van der Waals surface area (Å²) in [6.07, 6.45) is 8.38. The van der Waals surface area contributed by atoms with Crippen molar-refractivity contribution in [2.24, 2.45) is 5.41 Å². The molecular weight excluding hydrogens is 520 g/mol. The number of hydrogen-bond donors (Lipinski definition) is 0. The molecule has 0 bridgehead atoms. The van der Waals surface area contributed by atoms with Gasteiger partial charge < -0.3 is 9.16 Å². The average Bonchev–Trinajstić information content (AvgIpc) is 3.43. The van der Waals surface area contributed by atoms with Crippen LogP contribution in [0.2, 0.25) is 18.1 Å². The number of pyridine rings is 1. The summed E-state index contributed by atoms with van der Waals surface area (Å²) in [7, 11) is -2.04. The largest absolute Gasteiger partial charge is 0.410 e. The van der Waals surface area contributed by atoms with E-state index in [1.807, 2.05) is 0 Å². The molecule has 0 N–H and O–H groups in total. The van der Waals surface area contributed by atoms with E-state index in [0.29, 0.717) is 5.92 Å². The first kappa shape index (κ1) is 29.1. The van der Waals surface area contributed by atoms with E-state index in [2.05, 4.69) is 91.9 Å². The van der Waals surface area contributed by atoms with E-state index in [9.17, 15) is 5.26 Å². The van der Waals surface area contributed by atoms with Crippen molar-refractivity contribution in [2.75, 3.05) is 0 Å². The highest BCUT2D eigenvalue weighted by Gasteiger charge is 2.54. The predicted octanol–water partition coefficient (Wildman–Crippen LogP) is 9.68.